The third-order valence-corrected chi connectivity index (χ3v) is 2.07. The Balaban J connectivity index is 2.83. The van der Waals surface area contributed by atoms with Crippen LogP contribution in [0.15, 0.2) is 12.3 Å². The number of alkyl halides is 3. The van der Waals surface area contributed by atoms with E-state index in [2.05, 4.69) is 9.84 Å². The number of carbonyl (C=O) groups is 1. The summed E-state index contributed by atoms with van der Waals surface area (Å²) in [6.07, 6.45) is -3.40. The molecule has 1 atom stereocenters. The van der Waals surface area contributed by atoms with E-state index in [4.69, 9.17) is 5.73 Å². The van der Waals surface area contributed by atoms with Gasteiger partial charge < -0.3 is 10.5 Å². The molecule has 8 heteroatoms. The molecule has 0 aromatic carbocycles. The van der Waals surface area contributed by atoms with Gasteiger partial charge in [0.1, 0.15) is 5.54 Å². The molecule has 0 radical (unpaired) electrons. The molecule has 0 saturated heterocycles. The summed E-state index contributed by atoms with van der Waals surface area (Å²) in [6, 6.07) is 0.813. The number of halogens is 3. The van der Waals surface area contributed by atoms with Crippen molar-refractivity contribution < 1.29 is 22.7 Å². The van der Waals surface area contributed by atoms with Crippen LogP contribution in [-0.2, 0) is 22.3 Å². The fourth-order valence-corrected chi connectivity index (χ4v) is 1.24. The third kappa shape index (κ3) is 3.19. The Kier molecular flexibility index (Phi) is 3.46. The summed E-state index contributed by atoms with van der Waals surface area (Å²) >= 11 is 0. The van der Waals surface area contributed by atoms with E-state index in [-0.39, 0.29) is 6.54 Å². The molecule has 0 spiro atoms. The van der Waals surface area contributed by atoms with E-state index < -0.39 is 23.4 Å². The normalized spacial score (nSPS) is 15.4. The number of carbonyl (C=O) groups excluding carboxylic acids is 1. The first kappa shape index (κ1) is 13.5. The van der Waals surface area contributed by atoms with Gasteiger partial charge in [-0.05, 0) is 13.0 Å². The quantitative estimate of drug-likeness (QED) is 0.806. The van der Waals surface area contributed by atoms with E-state index in [1.807, 2.05) is 0 Å². The Morgan fingerprint density at radius 2 is 2.18 bits per heavy atom. The van der Waals surface area contributed by atoms with Crippen LogP contribution in [0.1, 0.15) is 12.6 Å². The zero-order valence-electron chi connectivity index (χ0n) is 9.28. The number of hydrogen-bond donors (Lipinski definition) is 1. The largest absolute Gasteiger partial charge is 0.468 e. The lowest BCUT2D eigenvalue weighted by Gasteiger charge is -2.21. The molecule has 17 heavy (non-hydrogen) atoms. The fraction of sp³-hybridized carbons (Fsp3) is 0.556. The van der Waals surface area contributed by atoms with Crippen LogP contribution in [0.4, 0.5) is 13.2 Å². The lowest BCUT2D eigenvalue weighted by molar-refractivity contribution is -0.147. The number of aromatic nitrogens is 2. The van der Waals surface area contributed by atoms with Gasteiger partial charge in [-0.3, -0.25) is 9.48 Å². The molecule has 0 amide bonds. The van der Waals surface area contributed by atoms with Crippen LogP contribution in [0.2, 0.25) is 0 Å². The van der Waals surface area contributed by atoms with Crippen molar-refractivity contribution in [2.45, 2.75) is 25.2 Å². The topological polar surface area (TPSA) is 70.1 Å². The Labute approximate surface area is 95.3 Å². The Morgan fingerprint density at radius 3 is 2.59 bits per heavy atom. The lowest BCUT2D eigenvalue weighted by atomic mass is 10.1. The highest BCUT2D eigenvalue weighted by atomic mass is 19.4. The molecule has 1 aromatic heterocycles. The molecule has 0 bridgehead atoms. The molecule has 0 fully saturated rings. The average molecular weight is 251 g/mol. The summed E-state index contributed by atoms with van der Waals surface area (Å²) in [4.78, 5) is 11.2. The van der Waals surface area contributed by atoms with E-state index in [0.717, 1.165) is 24.1 Å². The van der Waals surface area contributed by atoms with Gasteiger partial charge in [-0.25, -0.2) is 0 Å². The van der Waals surface area contributed by atoms with Crippen molar-refractivity contribution in [1.82, 2.24) is 9.78 Å². The van der Waals surface area contributed by atoms with Crippen molar-refractivity contribution in [2.75, 3.05) is 7.11 Å². The molecular formula is C9H12F3N3O2. The van der Waals surface area contributed by atoms with E-state index in [0.29, 0.717) is 0 Å². The van der Waals surface area contributed by atoms with Gasteiger partial charge in [-0.1, -0.05) is 0 Å². The van der Waals surface area contributed by atoms with Crippen LogP contribution in [0.25, 0.3) is 0 Å². The fourth-order valence-electron chi connectivity index (χ4n) is 1.24. The molecule has 0 aliphatic rings. The van der Waals surface area contributed by atoms with Gasteiger partial charge in [0.05, 0.1) is 13.7 Å². The monoisotopic (exact) mass is 251 g/mol. The Morgan fingerprint density at radius 1 is 1.59 bits per heavy atom. The van der Waals surface area contributed by atoms with Gasteiger partial charge >= 0.3 is 12.1 Å². The minimum atomic E-state index is -4.51. The zero-order chi connectivity index (χ0) is 13.3. The van der Waals surface area contributed by atoms with Crippen LogP contribution in [0.5, 0.6) is 0 Å². The summed E-state index contributed by atoms with van der Waals surface area (Å²) in [5.41, 5.74) is 3.15. The van der Waals surface area contributed by atoms with Gasteiger partial charge in [-0.2, -0.15) is 18.3 Å². The second kappa shape index (κ2) is 4.36. The summed E-state index contributed by atoms with van der Waals surface area (Å²) in [6.45, 7) is 1.16. The average Bonchev–Trinajstić information content (AvgIpc) is 2.63. The number of ether oxygens (including phenoxy) is 1. The first-order valence-electron chi connectivity index (χ1n) is 4.65. The van der Waals surface area contributed by atoms with Crippen molar-refractivity contribution in [3.8, 4) is 0 Å². The van der Waals surface area contributed by atoms with Crippen LogP contribution in [0.3, 0.4) is 0 Å². The molecule has 0 aliphatic carbocycles. The molecule has 2 N–H and O–H groups in total. The van der Waals surface area contributed by atoms with Crippen molar-refractivity contribution in [1.29, 1.82) is 0 Å². The molecule has 1 unspecified atom stereocenters. The molecule has 0 aliphatic heterocycles. The highest BCUT2D eigenvalue weighted by Gasteiger charge is 2.35. The number of rotatable bonds is 3. The van der Waals surface area contributed by atoms with Gasteiger partial charge in [0.2, 0.25) is 0 Å². The maximum Gasteiger partial charge on any atom is 0.435 e. The van der Waals surface area contributed by atoms with E-state index in [1.54, 1.807) is 0 Å². The van der Waals surface area contributed by atoms with Crippen molar-refractivity contribution >= 4 is 5.97 Å². The van der Waals surface area contributed by atoms with Crippen LogP contribution in [-0.4, -0.2) is 28.4 Å². The Hall–Kier alpha value is -1.57. The van der Waals surface area contributed by atoms with Gasteiger partial charge in [0.15, 0.2) is 5.69 Å². The van der Waals surface area contributed by atoms with Crippen LogP contribution < -0.4 is 5.73 Å². The summed E-state index contributed by atoms with van der Waals surface area (Å²) in [5, 5.41) is 3.29. The number of hydrogen-bond acceptors (Lipinski definition) is 4. The van der Waals surface area contributed by atoms with E-state index >= 15 is 0 Å². The highest BCUT2D eigenvalue weighted by molar-refractivity contribution is 5.79. The molecule has 0 saturated carbocycles. The lowest BCUT2D eigenvalue weighted by Crippen LogP contribution is -2.49. The second-order valence-electron chi connectivity index (χ2n) is 3.81. The molecule has 1 aromatic rings. The SMILES string of the molecule is COC(=O)C(C)(N)Cn1ccc(C(F)(F)F)n1. The molecular weight excluding hydrogens is 239 g/mol. The van der Waals surface area contributed by atoms with Crippen LogP contribution >= 0.6 is 0 Å². The minimum Gasteiger partial charge on any atom is -0.468 e. The summed E-state index contributed by atoms with van der Waals surface area (Å²) in [7, 11) is 1.15. The predicted molar refractivity (Wildman–Crippen MR) is 51.8 cm³/mol. The summed E-state index contributed by atoms with van der Waals surface area (Å²) < 4.78 is 42.2. The first-order chi connectivity index (χ1) is 7.66. The second-order valence-corrected chi connectivity index (χ2v) is 3.81. The number of methoxy groups -OCH3 is 1. The van der Waals surface area contributed by atoms with Crippen molar-refractivity contribution in [3.05, 3.63) is 18.0 Å². The van der Waals surface area contributed by atoms with E-state index in [9.17, 15) is 18.0 Å². The van der Waals surface area contributed by atoms with Crippen LogP contribution in [0, 0.1) is 0 Å². The van der Waals surface area contributed by atoms with Gasteiger partial charge in [-0.15, -0.1) is 0 Å². The standard InChI is InChI=1S/C9H12F3N3O2/c1-8(13,7(16)17-2)5-15-4-3-6(14-15)9(10,11)12/h3-4H,5,13H2,1-2H3. The number of esters is 1. The molecule has 1 heterocycles. The van der Waals surface area contributed by atoms with Crippen molar-refractivity contribution in [3.63, 3.8) is 0 Å². The number of nitrogens with two attached hydrogens (primary N) is 1. The highest BCUT2D eigenvalue weighted by Crippen LogP contribution is 2.27. The first-order valence-corrected chi connectivity index (χ1v) is 4.65. The zero-order valence-corrected chi connectivity index (χ0v) is 9.28. The van der Waals surface area contributed by atoms with Crippen molar-refractivity contribution in [2.24, 2.45) is 5.73 Å². The van der Waals surface area contributed by atoms with E-state index in [1.165, 1.54) is 6.92 Å². The smallest absolute Gasteiger partial charge is 0.435 e. The predicted octanol–water partition coefficient (Wildman–Crippen LogP) is 0.792. The maximum atomic E-state index is 12.3. The minimum absolute atomic E-state index is 0.199. The Bertz CT molecular complexity index is 412. The number of nitrogens with zero attached hydrogens (tertiary/aromatic N) is 2. The van der Waals surface area contributed by atoms with Gasteiger partial charge in [0.25, 0.3) is 0 Å². The third-order valence-electron chi connectivity index (χ3n) is 2.07. The molecule has 96 valence electrons. The summed E-state index contributed by atoms with van der Waals surface area (Å²) in [5.74, 6) is -0.721. The van der Waals surface area contributed by atoms with Gasteiger partial charge in [0, 0.05) is 6.20 Å². The maximum absolute atomic E-state index is 12.3. The molecule has 5 nitrogen and oxygen atoms in total. The molecule has 1 rings (SSSR count).